The van der Waals surface area contributed by atoms with Crippen molar-refractivity contribution in [1.82, 2.24) is 9.80 Å². The van der Waals surface area contributed by atoms with Crippen molar-refractivity contribution in [2.45, 2.75) is 39.8 Å². The molecule has 310 valence electrons. The molecule has 8 aromatic carbocycles. The predicted octanol–water partition coefficient (Wildman–Crippen LogP) is 10.9. The molecule has 8 rings (SSSR count). The van der Waals surface area contributed by atoms with E-state index < -0.39 is 15.8 Å². The molecule has 0 heterocycles. The van der Waals surface area contributed by atoms with Gasteiger partial charge in [-0.2, -0.15) is 35.4 Å². The molecule has 0 bridgehead atoms. The van der Waals surface area contributed by atoms with Crippen molar-refractivity contribution in [3.63, 3.8) is 0 Å². The first-order valence-electron chi connectivity index (χ1n) is 20.9. The minimum Gasteiger partial charge on any atom is -0.310 e. The fraction of sp³-hybridized carbons (Fsp3) is 0.179. The molecule has 0 radical (unpaired) electrons. The number of hydrogen-bond donors (Lipinski definition) is 0. The van der Waals surface area contributed by atoms with E-state index in [4.69, 9.17) is 0 Å². The Morgan fingerprint density at radius 1 is 0.361 bits per heavy atom. The molecule has 0 spiro atoms. The minimum atomic E-state index is -0.646. The second-order valence-electron chi connectivity index (χ2n) is 16.1. The third kappa shape index (κ3) is 10.3. The van der Waals surface area contributed by atoms with E-state index >= 15 is 0 Å². The fourth-order valence-electron chi connectivity index (χ4n) is 8.54. The van der Waals surface area contributed by atoms with Crippen LogP contribution in [0, 0.1) is 27.7 Å². The van der Waals surface area contributed by atoms with Gasteiger partial charge in [0.15, 0.2) is 0 Å². The van der Waals surface area contributed by atoms with E-state index in [9.17, 15) is 0 Å². The summed E-state index contributed by atoms with van der Waals surface area (Å²) in [5, 5.41) is 8.69. The van der Waals surface area contributed by atoms with Crippen LogP contribution in [0.5, 0.6) is 0 Å². The summed E-state index contributed by atoms with van der Waals surface area (Å²) < 4.78 is 0. The van der Waals surface area contributed by atoms with E-state index in [1.165, 1.54) is 76.3 Å². The SMILES string of the molecule is Cc1ccccc1P(c1ccccc1C)c1[cH-]ccc1[C@H](c1ccccc1)N(C)C.Cc1ccccc1P(c1ccccc1C)c1[cH-]ccc1[C@H](c1ccccc1)N(C)C.[Fe+2]. The van der Waals surface area contributed by atoms with Gasteiger partial charge in [0, 0.05) is 12.1 Å². The Morgan fingerprint density at radius 3 is 0.885 bits per heavy atom. The van der Waals surface area contributed by atoms with Crippen LogP contribution in [-0.4, -0.2) is 38.0 Å². The van der Waals surface area contributed by atoms with Gasteiger partial charge in [0.2, 0.25) is 0 Å². The molecule has 5 heteroatoms. The van der Waals surface area contributed by atoms with Gasteiger partial charge in [-0.15, -0.1) is 10.6 Å². The third-order valence-electron chi connectivity index (χ3n) is 11.4. The Labute approximate surface area is 379 Å². The zero-order chi connectivity index (χ0) is 42.2. The van der Waals surface area contributed by atoms with Gasteiger partial charge in [-0.25, -0.2) is 12.1 Å². The van der Waals surface area contributed by atoms with Gasteiger partial charge < -0.3 is 9.80 Å². The molecular formula is C56H58FeN2P2. The summed E-state index contributed by atoms with van der Waals surface area (Å²) in [6, 6.07) is 71.5. The van der Waals surface area contributed by atoms with Crippen molar-refractivity contribution in [2.75, 3.05) is 28.2 Å². The number of benzene rings is 6. The molecule has 0 unspecified atom stereocenters. The first-order chi connectivity index (χ1) is 29.2. The average molecular weight is 877 g/mol. The van der Waals surface area contributed by atoms with Gasteiger partial charge in [0.05, 0.1) is 0 Å². The predicted molar refractivity (Wildman–Crippen MR) is 264 cm³/mol. The number of hydrogen-bond acceptors (Lipinski definition) is 2. The van der Waals surface area contributed by atoms with E-state index in [0.717, 1.165) is 0 Å². The number of nitrogens with zero attached hydrogens (tertiary/aromatic N) is 2. The Bertz CT molecular complexity index is 2320. The second-order valence-corrected chi connectivity index (χ2v) is 20.3. The van der Waals surface area contributed by atoms with Gasteiger partial charge in [0.1, 0.15) is 0 Å². The van der Waals surface area contributed by atoms with Gasteiger partial charge in [-0.05, 0) is 126 Å². The van der Waals surface area contributed by atoms with Gasteiger partial charge >= 0.3 is 17.1 Å². The van der Waals surface area contributed by atoms with Crippen molar-refractivity contribution < 1.29 is 17.1 Å². The van der Waals surface area contributed by atoms with Crippen LogP contribution < -0.4 is 31.8 Å². The van der Waals surface area contributed by atoms with Crippen molar-refractivity contribution >= 4 is 47.7 Å². The number of aryl methyl sites for hydroxylation is 4. The van der Waals surface area contributed by atoms with Crippen LogP contribution in [0.15, 0.2) is 194 Å². The molecule has 2 nitrogen and oxygen atoms in total. The minimum absolute atomic E-state index is 0. The molecule has 0 amide bonds. The Balaban J connectivity index is 0.000000201. The topological polar surface area (TPSA) is 6.48 Å². The van der Waals surface area contributed by atoms with Crippen LogP contribution in [0.1, 0.15) is 56.6 Å². The zero-order valence-electron chi connectivity index (χ0n) is 36.8. The molecule has 0 aliphatic carbocycles. The monoisotopic (exact) mass is 876 g/mol. The molecule has 0 N–H and O–H groups in total. The standard InChI is InChI=1S/2C28H29NP.Fe/c2*1-21-13-8-10-18-25(21)30(26-19-11-9-14-22(26)2)27-20-12-17-24(27)28(29(3)4)23-15-6-5-7-16-23;/h2*5-20,28H,1-4H3;/q2*-1;+2/t2*28-;/m00./s1. The third-order valence-corrected chi connectivity index (χ3v) is 17.1. The normalized spacial score (nSPS) is 12.3. The summed E-state index contributed by atoms with van der Waals surface area (Å²) in [4.78, 5) is 4.66. The molecule has 0 aliphatic rings. The first kappa shape index (κ1) is 45.8. The van der Waals surface area contributed by atoms with E-state index in [-0.39, 0.29) is 29.2 Å². The van der Waals surface area contributed by atoms with Gasteiger partial charge in [-0.1, -0.05) is 158 Å². The van der Waals surface area contributed by atoms with Crippen LogP contribution in [0.4, 0.5) is 0 Å². The number of rotatable bonds is 12. The van der Waals surface area contributed by atoms with Crippen molar-refractivity contribution in [1.29, 1.82) is 0 Å². The summed E-state index contributed by atoms with van der Waals surface area (Å²) in [6.45, 7) is 8.97. The van der Waals surface area contributed by atoms with Crippen LogP contribution in [0.3, 0.4) is 0 Å². The molecule has 8 aromatic rings. The zero-order valence-corrected chi connectivity index (χ0v) is 39.7. The van der Waals surface area contributed by atoms with Crippen molar-refractivity contribution in [3.8, 4) is 0 Å². The molecule has 0 aromatic heterocycles. The van der Waals surface area contributed by atoms with E-state index in [0.29, 0.717) is 0 Å². The molecule has 0 saturated heterocycles. The summed E-state index contributed by atoms with van der Waals surface area (Å²) in [5.74, 6) is 0. The molecule has 0 fully saturated rings. The van der Waals surface area contributed by atoms with Gasteiger partial charge in [0.25, 0.3) is 0 Å². The summed E-state index contributed by atoms with van der Waals surface area (Å²) in [7, 11) is 7.42. The Morgan fingerprint density at radius 2 is 0.623 bits per heavy atom. The van der Waals surface area contributed by atoms with Crippen LogP contribution in [0.2, 0.25) is 0 Å². The Hall–Kier alpha value is -4.68. The maximum Gasteiger partial charge on any atom is 2.00 e. The maximum absolute atomic E-state index is 2.35. The molecular weight excluding hydrogens is 818 g/mol. The molecule has 0 saturated carbocycles. The summed E-state index contributed by atoms with van der Waals surface area (Å²) in [5.41, 5.74) is 10.9. The average Bonchev–Trinajstić information content (AvgIpc) is 3.92. The smallest absolute Gasteiger partial charge is 0.310 e. The largest absolute Gasteiger partial charge is 2.00 e. The molecule has 0 aliphatic heterocycles. The van der Waals surface area contributed by atoms with Gasteiger partial charge in [-0.3, -0.25) is 0 Å². The second kappa shape index (κ2) is 21.4. The van der Waals surface area contributed by atoms with E-state index in [2.05, 4.69) is 260 Å². The van der Waals surface area contributed by atoms with E-state index in [1.54, 1.807) is 0 Å². The maximum atomic E-state index is 2.35. The van der Waals surface area contributed by atoms with Crippen LogP contribution in [0.25, 0.3) is 0 Å². The van der Waals surface area contributed by atoms with Crippen molar-refractivity contribution in [3.05, 3.63) is 239 Å². The molecule has 61 heavy (non-hydrogen) atoms. The molecule has 2 atom stereocenters. The summed E-state index contributed by atoms with van der Waals surface area (Å²) >= 11 is 0. The Kier molecular flexibility index (Phi) is 16.1. The van der Waals surface area contributed by atoms with Crippen LogP contribution in [-0.2, 0) is 17.1 Å². The fourth-order valence-corrected chi connectivity index (χ4v) is 14.1. The van der Waals surface area contributed by atoms with Crippen LogP contribution >= 0.6 is 15.8 Å². The summed E-state index contributed by atoms with van der Waals surface area (Å²) in [6.07, 6.45) is 0. The first-order valence-corrected chi connectivity index (χ1v) is 23.6. The quantitative estimate of drug-likeness (QED) is 0.0685. The van der Waals surface area contributed by atoms with Crippen molar-refractivity contribution in [2.24, 2.45) is 0 Å². The van der Waals surface area contributed by atoms with E-state index in [1.807, 2.05) is 0 Å².